The molecule has 1 aromatic carbocycles. The van der Waals surface area contributed by atoms with E-state index < -0.39 is 0 Å². The maximum atomic E-state index is 13.5. The molecule has 106 valence electrons. The Balaban J connectivity index is 2.16. The van der Waals surface area contributed by atoms with Gasteiger partial charge in [-0.3, -0.25) is 0 Å². The summed E-state index contributed by atoms with van der Waals surface area (Å²) in [5.41, 5.74) is 7.51. The van der Waals surface area contributed by atoms with Gasteiger partial charge >= 0.3 is 0 Å². The predicted molar refractivity (Wildman–Crippen MR) is 79.4 cm³/mol. The van der Waals surface area contributed by atoms with Crippen molar-refractivity contribution in [3.8, 4) is 11.3 Å². The molecule has 3 nitrogen and oxygen atoms in total. The van der Waals surface area contributed by atoms with Crippen molar-refractivity contribution in [2.24, 2.45) is 0 Å². The van der Waals surface area contributed by atoms with Crippen molar-refractivity contribution in [1.82, 2.24) is 9.55 Å². The van der Waals surface area contributed by atoms with Crippen LogP contribution >= 0.6 is 11.6 Å². The fraction of sp³-hybridized carbons (Fsp3) is 0.400. The Morgan fingerprint density at radius 3 is 2.60 bits per heavy atom. The number of aromatic nitrogens is 2. The average molecular weight is 294 g/mol. The number of hydrogen-bond donors (Lipinski definition) is 1. The molecule has 20 heavy (non-hydrogen) atoms. The average Bonchev–Trinajstić information content (AvgIpc) is 3.11. The van der Waals surface area contributed by atoms with Crippen molar-refractivity contribution in [3.63, 3.8) is 0 Å². The maximum absolute atomic E-state index is 13.5. The van der Waals surface area contributed by atoms with Gasteiger partial charge in [0.2, 0.25) is 0 Å². The first-order chi connectivity index (χ1) is 9.47. The first-order valence-electron chi connectivity index (χ1n) is 6.81. The molecule has 0 radical (unpaired) electrons. The molecule has 1 heterocycles. The highest BCUT2D eigenvalue weighted by Crippen LogP contribution is 2.42. The van der Waals surface area contributed by atoms with Gasteiger partial charge in [-0.05, 0) is 31.0 Å². The van der Waals surface area contributed by atoms with Crippen LogP contribution in [0.3, 0.4) is 0 Å². The highest BCUT2D eigenvalue weighted by atomic mass is 35.5. The number of nitrogens with zero attached hydrogens (tertiary/aromatic N) is 2. The summed E-state index contributed by atoms with van der Waals surface area (Å²) in [7, 11) is 0. The third kappa shape index (κ3) is 2.29. The van der Waals surface area contributed by atoms with E-state index in [4.69, 9.17) is 17.3 Å². The number of rotatable bonds is 3. The summed E-state index contributed by atoms with van der Waals surface area (Å²) in [5, 5.41) is 0.353. The molecule has 5 heteroatoms. The number of imidazole rings is 1. The predicted octanol–water partition coefficient (Wildman–Crippen LogP) is 4.38. The molecular formula is C15H17ClFN3. The van der Waals surface area contributed by atoms with E-state index in [0.717, 1.165) is 18.7 Å². The molecule has 3 rings (SSSR count). The lowest BCUT2D eigenvalue weighted by molar-refractivity contribution is 0.628. The first kappa shape index (κ1) is 13.4. The Bertz CT molecular complexity index is 639. The van der Waals surface area contributed by atoms with Crippen LogP contribution in [0.5, 0.6) is 0 Å². The molecule has 1 fully saturated rings. The van der Waals surface area contributed by atoms with Crippen LogP contribution in [0.4, 0.5) is 10.2 Å². The number of hydrogen-bond acceptors (Lipinski definition) is 2. The Morgan fingerprint density at radius 1 is 1.35 bits per heavy atom. The molecule has 0 bridgehead atoms. The third-order valence-corrected chi connectivity index (χ3v) is 3.76. The van der Waals surface area contributed by atoms with Crippen molar-refractivity contribution in [2.75, 3.05) is 5.73 Å². The summed E-state index contributed by atoms with van der Waals surface area (Å²) in [5.74, 6) is 1.47. The van der Waals surface area contributed by atoms with Gasteiger partial charge in [-0.25, -0.2) is 9.37 Å². The van der Waals surface area contributed by atoms with Crippen LogP contribution in [-0.4, -0.2) is 9.55 Å². The number of nitrogens with two attached hydrogens (primary N) is 1. The second-order valence-electron chi connectivity index (χ2n) is 5.62. The zero-order valence-corrected chi connectivity index (χ0v) is 12.3. The van der Waals surface area contributed by atoms with Gasteiger partial charge in [-0.15, -0.1) is 0 Å². The van der Waals surface area contributed by atoms with Gasteiger partial charge in [-0.1, -0.05) is 25.4 Å². The minimum atomic E-state index is -0.376. The van der Waals surface area contributed by atoms with Crippen molar-refractivity contribution in [3.05, 3.63) is 34.9 Å². The summed E-state index contributed by atoms with van der Waals surface area (Å²) in [6.07, 6.45) is 2.26. The zero-order valence-electron chi connectivity index (χ0n) is 11.5. The monoisotopic (exact) mass is 293 g/mol. The van der Waals surface area contributed by atoms with Crippen LogP contribution in [0.2, 0.25) is 5.02 Å². The molecule has 1 saturated carbocycles. The van der Waals surface area contributed by atoms with E-state index in [2.05, 4.69) is 23.4 Å². The number of benzene rings is 1. The van der Waals surface area contributed by atoms with Gasteiger partial charge < -0.3 is 10.3 Å². The molecule has 0 amide bonds. The molecule has 0 saturated heterocycles. The Hall–Kier alpha value is -1.55. The maximum Gasteiger partial charge on any atom is 0.132 e. The van der Waals surface area contributed by atoms with Gasteiger partial charge in [-0.2, -0.15) is 0 Å². The summed E-state index contributed by atoms with van der Waals surface area (Å²) < 4.78 is 15.6. The van der Waals surface area contributed by atoms with Gasteiger partial charge in [0.05, 0.1) is 0 Å². The van der Waals surface area contributed by atoms with Crippen LogP contribution in [0.25, 0.3) is 11.3 Å². The third-order valence-electron chi connectivity index (χ3n) is 3.54. The fourth-order valence-corrected chi connectivity index (χ4v) is 2.71. The van der Waals surface area contributed by atoms with Crippen molar-refractivity contribution < 1.29 is 4.39 Å². The van der Waals surface area contributed by atoms with E-state index in [9.17, 15) is 4.39 Å². The molecule has 0 spiro atoms. The Kier molecular flexibility index (Phi) is 3.21. The summed E-state index contributed by atoms with van der Waals surface area (Å²) >= 11 is 5.92. The Morgan fingerprint density at radius 2 is 2.05 bits per heavy atom. The lowest BCUT2D eigenvalue weighted by Crippen LogP contribution is -2.06. The molecule has 1 aliphatic carbocycles. The van der Waals surface area contributed by atoms with E-state index in [1.54, 1.807) is 6.07 Å². The lowest BCUT2D eigenvalue weighted by Gasteiger charge is -2.10. The molecule has 1 aliphatic rings. The molecule has 2 aromatic rings. The SMILES string of the molecule is CC(C)c1nc(-c2cc(F)cc(Cl)c2)c(N)n1C1CC1. The van der Waals surface area contributed by atoms with E-state index in [-0.39, 0.29) is 11.7 Å². The fourth-order valence-electron chi connectivity index (χ4n) is 2.49. The Labute approximate surface area is 122 Å². The van der Waals surface area contributed by atoms with Gasteiger partial charge in [0.25, 0.3) is 0 Å². The van der Waals surface area contributed by atoms with Gasteiger partial charge in [0.1, 0.15) is 23.2 Å². The number of nitrogen functional groups attached to an aromatic ring is 1. The summed E-state index contributed by atoms with van der Waals surface area (Å²) in [6, 6.07) is 4.84. The van der Waals surface area contributed by atoms with Crippen LogP contribution in [0.15, 0.2) is 18.2 Å². The van der Waals surface area contributed by atoms with Crippen LogP contribution in [0.1, 0.15) is 44.5 Å². The second-order valence-corrected chi connectivity index (χ2v) is 6.05. The second kappa shape index (κ2) is 4.77. The first-order valence-corrected chi connectivity index (χ1v) is 7.19. The van der Waals surface area contributed by atoms with Crippen LogP contribution in [0, 0.1) is 5.82 Å². The molecule has 0 unspecified atom stereocenters. The molecule has 2 N–H and O–H groups in total. The highest BCUT2D eigenvalue weighted by Gasteiger charge is 2.31. The van der Waals surface area contributed by atoms with Gasteiger partial charge in [0.15, 0.2) is 0 Å². The van der Waals surface area contributed by atoms with E-state index in [1.807, 2.05) is 0 Å². The molecule has 0 atom stereocenters. The van der Waals surface area contributed by atoms with Crippen molar-refractivity contribution >= 4 is 17.4 Å². The minimum absolute atomic E-state index is 0.274. The lowest BCUT2D eigenvalue weighted by atomic mass is 10.1. The molecular weight excluding hydrogens is 277 g/mol. The summed E-state index contributed by atoms with van der Waals surface area (Å²) in [6.45, 7) is 4.17. The van der Waals surface area contributed by atoms with E-state index >= 15 is 0 Å². The largest absolute Gasteiger partial charge is 0.383 e. The number of halogens is 2. The quantitative estimate of drug-likeness (QED) is 0.912. The van der Waals surface area contributed by atoms with E-state index in [0.29, 0.717) is 28.1 Å². The highest BCUT2D eigenvalue weighted by molar-refractivity contribution is 6.30. The van der Waals surface area contributed by atoms with Crippen LogP contribution < -0.4 is 5.73 Å². The van der Waals surface area contributed by atoms with Crippen molar-refractivity contribution in [1.29, 1.82) is 0 Å². The van der Waals surface area contributed by atoms with Crippen molar-refractivity contribution in [2.45, 2.75) is 38.6 Å². The molecule has 0 aliphatic heterocycles. The normalized spacial score (nSPS) is 15.1. The standard InChI is InChI=1S/C15H17ClFN3/c1-8(2)15-19-13(14(18)20(15)12-3-4-12)9-5-10(16)7-11(17)6-9/h5-8,12H,3-4,18H2,1-2H3. The van der Waals surface area contributed by atoms with Gasteiger partial charge in [0, 0.05) is 22.5 Å². The van der Waals surface area contributed by atoms with Crippen LogP contribution in [-0.2, 0) is 0 Å². The minimum Gasteiger partial charge on any atom is -0.383 e. The zero-order chi connectivity index (χ0) is 14.4. The summed E-state index contributed by atoms with van der Waals surface area (Å²) in [4.78, 5) is 4.64. The topological polar surface area (TPSA) is 43.8 Å². The smallest absolute Gasteiger partial charge is 0.132 e. The molecule has 1 aromatic heterocycles. The van der Waals surface area contributed by atoms with E-state index in [1.165, 1.54) is 12.1 Å². The number of anilines is 1.